The van der Waals surface area contributed by atoms with Crippen LogP contribution in [0.15, 0.2) is 18.2 Å². The van der Waals surface area contributed by atoms with Gasteiger partial charge in [0.2, 0.25) is 10.0 Å². The summed E-state index contributed by atoms with van der Waals surface area (Å²) in [7, 11) is 1.99. The summed E-state index contributed by atoms with van der Waals surface area (Å²) in [6, 6.07) is 4.81. The summed E-state index contributed by atoms with van der Waals surface area (Å²) in [5, 5.41) is 0. The van der Waals surface area contributed by atoms with Gasteiger partial charge in [0.25, 0.3) is 5.91 Å². The van der Waals surface area contributed by atoms with Gasteiger partial charge in [-0.05, 0) is 32.0 Å². The number of likely N-dealkylation sites (N-methyl/N-ethyl adjacent to an activating group) is 2. The summed E-state index contributed by atoms with van der Waals surface area (Å²) in [6.07, 6.45) is 0.980. The van der Waals surface area contributed by atoms with E-state index in [2.05, 4.69) is 16.5 Å². The summed E-state index contributed by atoms with van der Waals surface area (Å²) in [4.78, 5) is 16.8. The lowest BCUT2D eigenvalue weighted by Crippen LogP contribution is -2.45. The molecule has 0 unspecified atom stereocenters. The van der Waals surface area contributed by atoms with Gasteiger partial charge < -0.3 is 14.4 Å². The van der Waals surface area contributed by atoms with Gasteiger partial charge in [-0.1, -0.05) is 6.92 Å². The molecule has 0 spiro atoms. The number of rotatable bonds is 3. The number of amides is 1. The van der Waals surface area contributed by atoms with Gasteiger partial charge in [-0.25, -0.2) is 8.42 Å². The number of nitrogens with zero attached hydrogens (tertiary/aromatic N) is 2. The average molecular weight is 414 g/mol. The fourth-order valence-electron chi connectivity index (χ4n) is 3.23. The minimum Gasteiger partial charge on any atom is -0.491 e. The topological polar surface area (TPSA) is 88.2 Å². The van der Waals surface area contributed by atoms with E-state index in [4.69, 9.17) is 9.47 Å². The Kier molecular flexibility index (Phi) is 7.30. The van der Waals surface area contributed by atoms with Crippen molar-refractivity contribution in [2.24, 2.45) is 5.92 Å². The second kappa shape index (κ2) is 9.11. The van der Waals surface area contributed by atoms with E-state index >= 15 is 0 Å². The van der Waals surface area contributed by atoms with Crippen LogP contribution in [0.25, 0.3) is 0 Å². The number of fused-ring (bicyclic) bond motifs is 1. The maximum atomic E-state index is 13.0. The molecule has 28 heavy (non-hydrogen) atoms. The average Bonchev–Trinajstić information content (AvgIpc) is 2.61. The molecule has 1 aromatic carbocycles. The number of ether oxygens (including phenoxy) is 2. The Morgan fingerprint density at radius 3 is 2.50 bits per heavy atom. The van der Waals surface area contributed by atoms with Crippen molar-refractivity contribution in [1.29, 1.82) is 0 Å². The standard InChI is InChI=1S/C19H31N3O5S/c1-13-10-21(3)14(2)12-27-17-9-15(20-28(6,24)25)7-8-16(17)19(23)22(4)11-18(13)26-5/h7-9,13-14,18,20H,10-12H2,1-6H3/t13-,14+,18-/m1/s1. The first-order chi connectivity index (χ1) is 13.0. The number of sulfonamides is 1. The Balaban J connectivity index is 2.42. The van der Waals surface area contributed by atoms with Gasteiger partial charge in [0.1, 0.15) is 12.4 Å². The fraction of sp³-hybridized carbons (Fsp3) is 0.632. The highest BCUT2D eigenvalue weighted by Gasteiger charge is 2.27. The van der Waals surface area contributed by atoms with Crippen molar-refractivity contribution in [3.05, 3.63) is 23.8 Å². The first kappa shape index (κ1) is 22.4. The molecule has 1 heterocycles. The fourth-order valence-corrected chi connectivity index (χ4v) is 3.79. The van der Waals surface area contributed by atoms with E-state index in [1.54, 1.807) is 37.3 Å². The molecule has 0 aromatic heterocycles. The van der Waals surface area contributed by atoms with Crippen molar-refractivity contribution in [1.82, 2.24) is 9.80 Å². The highest BCUT2D eigenvalue weighted by atomic mass is 32.2. The first-order valence-corrected chi connectivity index (χ1v) is 11.1. The maximum absolute atomic E-state index is 13.0. The first-order valence-electron chi connectivity index (χ1n) is 9.25. The third kappa shape index (κ3) is 5.83. The molecular weight excluding hydrogens is 382 g/mol. The van der Waals surface area contributed by atoms with Gasteiger partial charge >= 0.3 is 0 Å². The lowest BCUT2D eigenvalue weighted by molar-refractivity contribution is 0.0150. The molecule has 1 amide bonds. The number of benzene rings is 1. The van der Waals surface area contributed by atoms with Gasteiger partial charge in [-0.2, -0.15) is 0 Å². The summed E-state index contributed by atoms with van der Waals surface area (Å²) in [6.45, 7) is 5.77. The van der Waals surface area contributed by atoms with E-state index in [-0.39, 0.29) is 24.0 Å². The summed E-state index contributed by atoms with van der Waals surface area (Å²) >= 11 is 0. The van der Waals surface area contributed by atoms with Crippen molar-refractivity contribution in [3.8, 4) is 5.75 Å². The lowest BCUT2D eigenvalue weighted by Gasteiger charge is -2.34. The van der Waals surface area contributed by atoms with E-state index < -0.39 is 10.0 Å². The lowest BCUT2D eigenvalue weighted by atomic mass is 10.0. The molecule has 0 saturated heterocycles. The number of anilines is 1. The van der Waals surface area contributed by atoms with E-state index in [0.717, 1.165) is 12.8 Å². The Hall–Kier alpha value is -1.84. The van der Waals surface area contributed by atoms with Gasteiger partial charge in [-0.3, -0.25) is 14.4 Å². The molecule has 0 saturated carbocycles. The van der Waals surface area contributed by atoms with Crippen LogP contribution in [0.4, 0.5) is 5.69 Å². The van der Waals surface area contributed by atoms with E-state index in [1.807, 2.05) is 14.0 Å². The van der Waals surface area contributed by atoms with Crippen molar-refractivity contribution >= 4 is 21.6 Å². The molecule has 0 radical (unpaired) electrons. The van der Waals surface area contributed by atoms with Crippen LogP contribution in [0.3, 0.4) is 0 Å². The quantitative estimate of drug-likeness (QED) is 0.808. The van der Waals surface area contributed by atoms with Gasteiger partial charge in [0.15, 0.2) is 0 Å². The van der Waals surface area contributed by atoms with Crippen LogP contribution in [0.2, 0.25) is 0 Å². The van der Waals surface area contributed by atoms with Gasteiger partial charge in [0.05, 0.1) is 23.6 Å². The Labute approximate surface area is 167 Å². The molecule has 0 fully saturated rings. The highest BCUT2D eigenvalue weighted by Crippen LogP contribution is 2.27. The minimum absolute atomic E-state index is 0.0985. The van der Waals surface area contributed by atoms with Crippen LogP contribution in [0.5, 0.6) is 5.75 Å². The van der Waals surface area contributed by atoms with Crippen molar-refractivity contribution in [2.45, 2.75) is 26.0 Å². The monoisotopic (exact) mass is 413 g/mol. The molecule has 8 nitrogen and oxygen atoms in total. The Morgan fingerprint density at radius 2 is 1.89 bits per heavy atom. The normalized spacial score (nSPS) is 25.3. The zero-order chi connectivity index (χ0) is 21.1. The zero-order valence-electron chi connectivity index (χ0n) is 17.4. The molecule has 1 aliphatic rings. The number of carbonyl (C=O) groups is 1. The molecule has 2 rings (SSSR count). The zero-order valence-corrected chi connectivity index (χ0v) is 18.2. The molecule has 3 atom stereocenters. The number of hydrogen-bond acceptors (Lipinski definition) is 6. The molecule has 1 aliphatic heterocycles. The predicted molar refractivity (Wildman–Crippen MR) is 109 cm³/mol. The SMILES string of the molecule is CO[C@@H]1CN(C)C(=O)c2ccc(NS(C)(=O)=O)cc2OC[C@H](C)N(C)C[C@H]1C. The molecular formula is C19H31N3O5S. The summed E-state index contributed by atoms with van der Waals surface area (Å²) < 4.78 is 37.1. The molecule has 158 valence electrons. The number of carbonyl (C=O) groups excluding carboxylic acids is 1. The van der Waals surface area contributed by atoms with Crippen molar-refractivity contribution < 1.29 is 22.7 Å². The van der Waals surface area contributed by atoms with Gasteiger partial charge in [-0.15, -0.1) is 0 Å². The number of methoxy groups -OCH3 is 1. The predicted octanol–water partition coefficient (Wildman–Crippen LogP) is 1.49. The Bertz CT molecular complexity index is 799. The molecule has 0 aliphatic carbocycles. The third-order valence-electron chi connectivity index (χ3n) is 5.06. The van der Waals surface area contributed by atoms with E-state index in [9.17, 15) is 13.2 Å². The Morgan fingerprint density at radius 1 is 1.21 bits per heavy atom. The van der Waals surface area contributed by atoms with Crippen molar-refractivity contribution in [3.63, 3.8) is 0 Å². The van der Waals surface area contributed by atoms with Crippen LogP contribution in [-0.2, 0) is 14.8 Å². The van der Waals surface area contributed by atoms with E-state index in [1.165, 1.54) is 0 Å². The summed E-state index contributed by atoms with van der Waals surface area (Å²) in [5.74, 6) is 0.387. The smallest absolute Gasteiger partial charge is 0.257 e. The third-order valence-corrected chi connectivity index (χ3v) is 5.67. The van der Waals surface area contributed by atoms with Crippen LogP contribution in [0, 0.1) is 5.92 Å². The largest absolute Gasteiger partial charge is 0.491 e. The van der Waals surface area contributed by atoms with Crippen LogP contribution >= 0.6 is 0 Å². The molecule has 0 bridgehead atoms. The number of hydrogen-bond donors (Lipinski definition) is 1. The van der Waals surface area contributed by atoms with Crippen LogP contribution in [0.1, 0.15) is 24.2 Å². The molecule has 1 N–H and O–H groups in total. The summed E-state index contributed by atoms with van der Waals surface area (Å²) in [5.41, 5.74) is 0.743. The van der Waals surface area contributed by atoms with Crippen molar-refractivity contribution in [2.75, 3.05) is 51.9 Å². The minimum atomic E-state index is -3.43. The van der Waals surface area contributed by atoms with Crippen LogP contribution < -0.4 is 9.46 Å². The van der Waals surface area contributed by atoms with Gasteiger partial charge in [0, 0.05) is 39.4 Å². The number of nitrogens with one attached hydrogen (secondary N) is 1. The maximum Gasteiger partial charge on any atom is 0.257 e. The molecule has 1 aromatic rings. The van der Waals surface area contributed by atoms with Crippen LogP contribution in [-0.4, -0.2) is 83.4 Å². The van der Waals surface area contributed by atoms with E-state index in [0.29, 0.717) is 30.2 Å². The highest BCUT2D eigenvalue weighted by molar-refractivity contribution is 7.92. The second-order valence-electron chi connectivity index (χ2n) is 7.62. The molecule has 9 heteroatoms. The second-order valence-corrected chi connectivity index (χ2v) is 9.37.